The number of fused-ring (bicyclic) bond motifs is 1. The monoisotopic (exact) mass is 424 g/mol. The summed E-state index contributed by atoms with van der Waals surface area (Å²) in [5, 5.41) is 26.6. The Hall–Kier alpha value is -3.91. The third kappa shape index (κ3) is 7.79. The number of esters is 1. The quantitative estimate of drug-likeness (QED) is 0.212. The molecule has 2 unspecified atom stereocenters. The summed E-state index contributed by atoms with van der Waals surface area (Å²) < 4.78 is 5.44. The van der Waals surface area contributed by atoms with Crippen LogP contribution >= 0.6 is 0 Å². The molecule has 0 radical (unpaired) electrons. The Kier molecular flexibility index (Phi) is 9.51. The SMILES string of the molecule is CO/N=C/C=C\C(=O)NC/C=C/C1OC(=O)c2c(O)cccc2\C=C/C=C\C=C/C1O. The normalized spacial score (nSPS) is 22.3. The van der Waals surface area contributed by atoms with Gasteiger partial charge in [0, 0.05) is 12.6 Å². The first kappa shape index (κ1) is 23.4. The minimum absolute atomic E-state index is 0.00142. The number of ether oxygens (including phenoxy) is 1. The molecule has 0 saturated heterocycles. The van der Waals surface area contributed by atoms with Crippen molar-refractivity contribution in [3.05, 3.63) is 84.0 Å². The van der Waals surface area contributed by atoms with Crippen LogP contribution in [-0.4, -0.2) is 54.2 Å². The van der Waals surface area contributed by atoms with Gasteiger partial charge in [0.2, 0.25) is 5.91 Å². The largest absolute Gasteiger partial charge is 0.507 e. The number of carbonyl (C=O) groups is 2. The predicted octanol–water partition coefficient (Wildman–Crippen LogP) is 2.28. The lowest BCUT2D eigenvalue weighted by Crippen LogP contribution is -2.29. The van der Waals surface area contributed by atoms with Gasteiger partial charge in [0.25, 0.3) is 0 Å². The third-order valence-corrected chi connectivity index (χ3v) is 4.00. The molecule has 0 bridgehead atoms. The fourth-order valence-corrected chi connectivity index (χ4v) is 2.55. The average molecular weight is 424 g/mol. The maximum Gasteiger partial charge on any atom is 0.343 e. The standard InChI is InChI=1S/C23H24N2O6/c1-30-25-16-8-14-21(28)24-15-7-13-20-18(26)11-5-3-2-4-9-17-10-6-12-19(27)22(17)23(29)31-20/h2-14,16,18,20,26-27H,15H2,1H3,(H,24,28)/b3-2-,9-4-,11-5-,13-7+,14-8-,25-16+. The summed E-state index contributed by atoms with van der Waals surface area (Å²) in [5.74, 6) is -1.37. The highest BCUT2D eigenvalue weighted by atomic mass is 16.6. The van der Waals surface area contributed by atoms with Crippen LogP contribution in [0.1, 0.15) is 15.9 Å². The number of phenols is 1. The number of nitrogens with one attached hydrogen (secondary N) is 1. The van der Waals surface area contributed by atoms with Crippen LogP contribution < -0.4 is 5.32 Å². The van der Waals surface area contributed by atoms with Crippen molar-refractivity contribution in [2.45, 2.75) is 12.2 Å². The zero-order valence-electron chi connectivity index (χ0n) is 16.9. The van der Waals surface area contributed by atoms with Crippen molar-refractivity contribution in [1.29, 1.82) is 0 Å². The van der Waals surface area contributed by atoms with Crippen LogP contribution in [0.25, 0.3) is 6.08 Å². The van der Waals surface area contributed by atoms with Crippen LogP contribution in [0.3, 0.4) is 0 Å². The van der Waals surface area contributed by atoms with E-state index in [9.17, 15) is 19.8 Å². The Bertz CT molecular complexity index is 943. The van der Waals surface area contributed by atoms with Crippen LogP contribution in [0.15, 0.2) is 78.0 Å². The van der Waals surface area contributed by atoms with Crippen molar-refractivity contribution < 1.29 is 29.4 Å². The zero-order valence-corrected chi connectivity index (χ0v) is 16.9. The van der Waals surface area contributed by atoms with Crippen LogP contribution in [0.5, 0.6) is 5.75 Å². The van der Waals surface area contributed by atoms with Gasteiger partial charge in [0.15, 0.2) is 0 Å². The van der Waals surface area contributed by atoms with Crippen molar-refractivity contribution in [2.75, 3.05) is 13.7 Å². The van der Waals surface area contributed by atoms with E-state index in [1.165, 1.54) is 43.7 Å². The van der Waals surface area contributed by atoms with Crippen LogP contribution in [0.2, 0.25) is 0 Å². The minimum atomic E-state index is -1.14. The molecule has 1 heterocycles. The van der Waals surface area contributed by atoms with E-state index in [0.29, 0.717) is 5.56 Å². The molecule has 0 aliphatic carbocycles. The number of aliphatic hydroxyl groups excluding tert-OH is 1. The second-order valence-corrected chi connectivity index (χ2v) is 6.20. The first-order valence-corrected chi connectivity index (χ1v) is 9.43. The molecule has 0 fully saturated rings. The highest BCUT2D eigenvalue weighted by Crippen LogP contribution is 2.24. The van der Waals surface area contributed by atoms with E-state index in [0.717, 1.165) is 0 Å². The van der Waals surface area contributed by atoms with Gasteiger partial charge >= 0.3 is 5.97 Å². The zero-order chi connectivity index (χ0) is 22.5. The summed E-state index contributed by atoms with van der Waals surface area (Å²) in [6.45, 7) is 0.138. The van der Waals surface area contributed by atoms with Gasteiger partial charge in [0.05, 0.1) is 6.21 Å². The number of oxime groups is 1. The van der Waals surface area contributed by atoms with E-state index in [1.54, 1.807) is 48.6 Å². The Balaban J connectivity index is 2.13. The number of aliphatic hydroxyl groups is 1. The fraction of sp³-hybridized carbons (Fsp3) is 0.174. The number of hydrogen-bond donors (Lipinski definition) is 3. The van der Waals surface area contributed by atoms with Crippen molar-refractivity contribution in [3.8, 4) is 5.75 Å². The molecule has 1 aliphatic heterocycles. The molecule has 8 heteroatoms. The van der Waals surface area contributed by atoms with Crippen molar-refractivity contribution >= 4 is 24.2 Å². The number of cyclic esters (lactones) is 1. The Morgan fingerprint density at radius 1 is 1.29 bits per heavy atom. The minimum Gasteiger partial charge on any atom is -0.507 e. The molecule has 0 saturated carbocycles. The van der Waals surface area contributed by atoms with Crippen LogP contribution in [0.4, 0.5) is 0 Å². The summed E-state index contributed by atoms with van der Waals surface area (Å²) in [4.78, 5) is 28.9. The first-order valence-electron chi connectivity index (χ1n) is 9.43. The Labute approximate surface area is 180 Å². The molecule has 0 aromatic heterocycles. The number of phenolic OH excluding ortho intramolecular Hbond substituents is 1. The fourth-order valence-electron chi connectivity index (χ4n) is 2.55. The number of hydrogen-bond acceptors (Lipinski definition) is 7. The summed E-state index contributed by atoms with van der Waals surface area (Å²) in [7, 11) is 1.39. The highest BCUT2D eigenvalue weighted by Gasteiger charge is 2.23. The van der Waals surface area contributed by atoms with Gasteiger partial charge in [-0.3, -0.25) is 4.79 Å². The van der Waals surface area contributed by atoms with E-state index in [1.807, 2.05) is 0 Å². The Morgan fingerprint density at radius 2 is 2.10 bits per heavy atom. The first-order chi connectivity index (χ1) is 15.0. The van der Waals surface area contributed by atoms with Gasteiger partial charge in [-0.1, -0.05) is 59.8 Å². The molecule has 1 aliphatic rings. The second kappa shape index (κ2) is 12.6. The van der Waals surface area contributed by atoms with E-state index >= 15 is 0 Å². The average Bonchev–Trinajstić information content (AvgIpc) is 2.74. The molecule has 3 N–H and O–H groups in total. The molecule has 8 nitrogen and oxygen atoms in total. The predicted molar refractivity (Wildman–Crippen MR) is 117 cm³/mol. The van der Waals surface area contributed by atoms with Gasteiger partial charge in [-0.05, 0) is 23.8 Å². The van der Waals surface area contributed by atoms with Crippen molar-refractivity contribution in [1.82, 2.24) is 5.32 Å². The highest BCUT2D eigenvalue weighted by molar-refractivity contribution is 5.96. The van der Waals surface area contributed by atoms with Gasteiger partial charge in [-0.2, -0.15) is 0 Å². The molecule has 1 aromatic carbocycles. The van der Waals surface area contributed by atoms with Crippen LogP contribution in [-0.2, 0) is 14.4 Å². The summed E-state index contributed by atoms with van der Waals surface area (Å²) in [6.07, 6.45) is 14.8. The second-order valence-electron chi connectivity index (χ2n) is 6.20. The summed E-state index contributed by atoms with van der Waals surface area (Å²) in [6, 6.07) is 4.67. The summed E-state index contributed by atoms with van der Waals surface area (Å²) >= 11 is 0. The van der Waals surface area contributed by atoms with E-state index in [-0.39, 0.29) is 23.8 Å². The van der Waals surface area contributed by atoms with Gasteiger partial charge in [-0.15, -0.1) is 0 Å². The molecule has 2 rings (SSSR count). The lowest BCUT2D eigenvalue weighted by molar-refractivity contribution is -0.116. The van der Waals surface area contributed by atoms with Gasteiger partial charge in [-0.25, -0.2) is 4.79 Å². The maximum absolute atomic E-state index is 12.7. The van der Waals surface area contributed by atoms with Gasteiger partial charge in [0.1, 0.15) is 30.6 Å². The number of benzene rings is 1. The Morgan fingerprint density at radius 3 is 2.90 bits per heavy atom. The van der Waals surface area contributed by atoms with Crippen LogP contribution in [0, 0.1) is 0 Å². The molecule has 162 valence electrons. The van der Waals surface area contributed by atoms with E-state index in [2.05, 4.69) is 15.3 Å². The number of rotatable bonds is 6. The number of aromatic hydroxyl groups is 1. The van der Waals surface area contributed by atoms with Gasteiger partial charge < -0.3 is 25.1 Å². The van der Waals surface area contributed by atoms with Crippen molar-refractivity contribution in [3.63, 3.8) is 0 Å². The summed E-state index contributed by atoms with van der Waals surface area (Å²) in [5.41, 5.74) is 0.478. The molecular weight excluding hydrogens is 400 g/mol. The smallest absolute Gasteiger partial charge is 0.343 e. The lowest BCUT2D eigenvalue weighted by Gasteiger charge is -2.19. The molecule has 31 heavy (non-hydrogen) atoms. The molecule has 1 amide bonds. The molecule has 0 spiro atoms. The maximum atomic E-state index is 12.7. The molecular formula is C23H24N2O6. The number of nitrogens with zero attached hydrogens (tertiary/aromatic N) is 1. The number of carbonyl (C=O) groups excluding carboxylic acids is 2. The lowest BCUT2D eigenvalue weighted by atomic mass is 10.0. The molecule has 2 atom stereocenters. The number of allylic oxidation sites excluding steroid dienone is 5. The third-order valence-electron chi connectivity index (χ3n) is 4.00. The number of amides is 1. The van der Waals surface area contributed by atoms with E-state index < -0.39 is 18.2 Å². The van der Waals surface area contributed by atoms with Crippen molar-refractivity contribution in [2.24, 2.45) is 5.16 Å². The topological polar surface area (TPSA) is 117 Å². The van der Waals surface area contributed by atoms with E-state index in [4.69, 9.17) is 4.74 Å². The molecule has 1 aromatic rings.